The molecule has 0 spiro atoms. The summed E-state index contributed by atoms with van der Waals surface area (Å²) in [7, 11) is 0. The van der Waals surface area contributed by atoms with Crippen molar-refractivity contribution in [3.05, 3.63) is 53.6 Å². The van der Waals surface area contributed by atoms with E-state index in [-0.39, 0.29) is 45.1 Å². The average molecular weight is 526 g/mol. The van der Waals surface area contributed by atoms with Crippen molar-refractivity contribution in [1.29, 1.82) is 0 Å². The molecule has 6 atom stereocenters. The van der Waals surface area contributed by atoms with Gasteiger partial charge in [0.15, 0.2) is 0 Å². The summed E-state index contributed by atoms with van der Waals surface area (Å²) in [5, 5.41) is 0.643. The molecular formula is C21H16Br2ClNO3. The minimum atomic E-state index is -0.208. The number of benzene rings is 2. The maximum absolute atomic E-state index is 13.1. The standard InChI is InChI=1S/C21H16Br2ClNO3/c22-18-14-9-15(19(18)23)17-16(14)20(26)25(21(17)27)11-3-7-13(8-4-11)28-12-5-1-10(24)2-6-12/h1-8,14-19H,9H2/t14-,15-,16-,17+,18+,19+/m1/s1. The topological polar surface area (TPSA) is 46.6 Å². The molecule has 1 aliphatic heterocycles. The second kappa shape index (κ2) is 6.85. The van der Waals surface area contributed by atoms with E-state index in [4.69, 9.17) is 16.3 Å². The van der Waals surface area contributed by atoms with Crippen LogP contribution in [-0.4, -0.2) is 21.5 Å². The van der Waals surface area contributed by atoms with E-state index in [0.717, 1.165) is 6.42 Å². The number of rotatable bonds is 3. The van der Waals surface area contributed by atoms with Crippen LogP contribution in [0.3, 0.4) is 0 Å². The van der Waals surface area contributed by atoms with E-state index in [1.807, 2.05) is 0 Å². The van der Waals surface area contributed by atoms with E-state index in [9.17, 15) is 9.59 Å². The minimum absolute atomic E-state index is 0.0716. The minimum Gasteiger partial charge on any atom is -0.457 e. The van der Waals surface area contributed by atoms with Crippen molar-refractivity contribution in [3.8, 4) is 11.5 Å². The third-order valence-electron chi connectivity index (χ3n) is 6.13. The fourth-order valence-electron chi connectivity index (χ4n) is 4.91. The summed E-state index contributed by atoms with van der Waals surface area (Å²) in [6.07, 6.45) is 0.931. The Kier molecular flexibility index (Phi) is 4.56. The van der Waals surface area contributed by atoms with Crippen molar-refractivity contribution in [2.45, 2.75) is 16.1 Å². The molecule has 0 N–H and O–H groups in total. The summed E-state index contributed by atoms with van der Waals surface area (Å²) in [5.41, 5.74) is 0.601. The van der Waals surface area contributed by atoms with Crippen LogP contribution in [0.5, 0.6) is 11.5 Å². The van der Waals surface area contributed by atoms with Gasteiger partial charge in [-0.25, -0.2) is 0 Å². The number of imide groups is 1. The van der Waals surface area contributed by atoms with Crippen LogP contribution in [0.2, 0.25) is 5.02 Å². The van der Waals surface area contributed by atoms with Crippen molar-refractivity contribution in [2.24, 2.45) is 23.7 Å². The molecule has 0 unspecified atom stereocenters. The van der Waals surface area contributed by atoms with E-state index in [0.29, 0.717) is 22.2 Å². The van der Waals surface area contributed by atoms with Gasteiger partial charge in [0.2, 0.25) is 11.8 Å². The normalized spacial score (nSPS) is 33.5. The van der Waals surface area contributed by atoms with Crippen molar-refractivity contribution in [1.82, 2.24) is 0 Å². The fourth-order valence-corrected chi connectivity index (χ4v) is 6.90. The number of nitrogens with zero attached hydrogens (tertiary/aromatic N) is 1. The number of amides is 2. The molecule has 2 saturated carbocycles. The summed E-state index contributed by atoms with van der Waals surface area (Å²) < 4.78 is 5.79. The Balaban J connectivity index is 1.37. The number of hydrogen-bond donors (Lipinski definition) is 0. The van der Waals surface area contributed by atoms with Gasteiger partial charge in [-0.05, 0) is 66.8 Å². The predicted molar refractivity (Wildman–Crippen MR) is 114 cm³/mol. The van der Waals surface area contributed by atoms with Gasteiger partial charge < -0.3 is 4.74 Å². The first-order valence-electron chi connectivity index (χ1n) is 9.15. The van der Waals surface area contributed by atoms with Gasteiger partial charge in [0.25, 0.3) is 0 Å². The van der Waals surface area contributed by atoms with Gasteiger partial charge in [-0.1, -0.05) is 43.5 Å². The van der Waals surface area contributed by atoms with Crippen molar-refractivity contribution in [2.75, 3.05) is 4.90 Å². The largest absolute Gasteiger partial charge is 0.457 e. The molecule has 0 radical (unpaired) electrons. The highest BCUT2D eigenvalue weighted by Crippen LogP contribution is 2.60. The van der Waals surface area contributed by atoms with Crippen molar-refractivity contribution in [3.63, 3.8) is 0 Å². The molecule has 3 aliphatic rings. The second-order valence-corrected chi connectivity index (χ2v) is 10.1. The summed E-state index contributed by atoms with van der Waals surface area (Å²) in [6, 6.07) is 14.2. The van der Waals surface area contributed by atoms with E-state index < -0.39 is 0 Å². The molecule has 2 aromatic carbocycles. The lowest BCUT2D eigenvalue weighted by Crippen LogP contribution is -2.37. The first-order chi connectivity index (χ1) is 13.5. The maximum atomic E-state index is 13.1. The zero-order valence-corrected chi connectivity index (χ0v) is 18.5. The van der Waals surface area contributed by atoms with Crippen LogP contribution >= 0.6 is 43.5 Å². The molecule has 7 heteroatoms. The van der Waals surface area contributed by atoms with Gasteiger partial charge in [0, 0.05) is 14.7 Å². The number of anilines is 1. The first kappa shape index (κ1) is 18.6. The molecule has 2 aromatic rings. The SMILES string of the molecule is O=C1[C@@H]2[C@H]3C[C@@H]([C@H](Br)[C@H]3Br)[C@@H]2C(=O)N1c1ccc(Oc2ccc(Cl)cc2)cc1. The number of carbonyl (C=O) groups excluding carboxylic acids is 2. The number of fused-ring (bicyclic) bond motifs is 5. The Hall–Kier alpha value is -1.37. The lowest BCUT2D eigenvalue weighted by atomic mass is 9.81. The van der Waals surface area contributed by atoms with Gasteiger partial charge in [0.05, 0.1) is 17.5 Å². The third kappa shape index (κ3) is 2.76. The number of hydrogen-bond acceptors (Lipinski definition) is 3. The molecule has 2 amide bonds. The molecule has 28 heavy (non-hydrogen) atoms. The van der Waals surface area contributed by atoms with E-state index >= 15 is 0 Å². The van der Waals surface area contributed by atoms with Crippen LogP contribution in [0.4, 0.5) is 5.69 Å². The van der Waals surface area contributed by atoms with E-state index in [2.05, 4.69) is 31.9 Å². The third-order valence-corrected chi connectivity index (χ3v) is 9.59. The molecule has 1 heterocycles. The molecule has 3 fully saturated rings. The summed E-state index contributed by atoms with van der Waals surface area (Å²) in [6.45, 7) is 0. The number of alkyl halides is 2. The number of ether oxygens (including phenoxy) is 1. The van der Waals surface area contributed by atoms with Crippen LogP contribution in [0.1, 0.15) is 6.42 Å². The Morgan fingerprint density at radius 1 is 0.821 bits per heavy atom. The molecule has 0 aromatic heterocycles. The zero-order valence-electron chi connectivity index (χ0n) is 14.6. The van der Waals surface area contributed by atoms with Crippen LogP contribution in [0, 0.1) is 23.7 Å². The highest BCUT2D eigenvalue weighted by Gasteiger charge is 2.66. The van der Waals surface area contributed by atoms with Crippen LogP contribution in [0.25, 0.3) is 0 Å². The van der Waals surface area contributed by atoms with E-state index in [1.165, 1.54) is 4.90 Å². The Bertz CT molecular complexity index is 917. The van der Waals surface area contributed by atoms with Gasteiger partial charge in [-0.2, -0.15) is 0 Å². The Morgan fingerprint density at radius 3 is 1.79 bits per heavy atom. The predicted octanol–water partition coefficient (Wildman–Crippen LogP) is 5.41. The second-order valence-electron chi connectivity index (χ2n) is 7.57. The Morgan fingerprint density at radius 2 is 1.29 bits per heavy atom. The molecule has 4 nitrogen and oxygen atoms in total. The average Bonchev–Trinajstić information content (AvgIpc) is 3.29. The molecule has 2 bridgehead atoms. The van der Waals surface area contributed by atoms with E-state index in [1.54, 1.807) is 48.5 Å². The number of halogens is 3. The van der Waals surface area contributed by atoms with Crippen molar-refractivity contribution >= 4 is 61.0 Å². The maximum Gasteiger partial charge on any atom is 0.238 e. The lowest BCUT2D eigenvalue weighted by Gasteiger charge is -2.28. The summed E-state index contributed by atoms with van der Waals surface area (Å²) in [5.74, 6) is 1.17. The highest BCUT2D eigenvalue weighted by atomic mass is 79.9. The van der Waals surface area contributed by atoms with Crippen LogP contribution in [0.15, 0.2) is 48.5 Å². The van der Waals surface area contributed by atoms with Crippen molar-refractivity contribution < 1.29 is 14.3 Å². The first-order valence-corrected chi connectivity index (χ1v) is 11.4. The quantitative estimate of drug-likeness (QED) is 0.398. The van der Waals surface area contributed by atoms with Gasteiger partial charge >= 0.3 is 0 Å². The lowest BCUT2D eigenvalue weighted by molar-refractivity contribution is -0.123. The zero-order chi connectivity index (χ0) is 19.6. The molecule has 1 saturated heterocycles. The molecular weight excluding hydrogens is 509 g/mol. The molecule has 2 aliphatic carbocycles. The fraction of sp³-hybridized carbons (Fsp3) is 0.333. The highest BCUT2D eigenvalue weighted by molar-refractivity contribution is 9.12. The Labute approximate surface area is 184 Å². The summed E-state index contributed by atoms with van der Waals surface area (Å²) >= 11 is 13.3. The monoisotopic (exact) mass is 523 g/mol. The van der Waals surface area contributed by atoms with Crippen LogP contribution < -0.4 is 9.64 Å². The summed E-state index contributed by atoms with van der Waals surface area (Å²) in [4.78, 5) is 28.0. The molecule has 144 valence electrons. The smallest absolute Gasteiger partial charge is 0.238 e. The van der Waals surface area contributed by atoms with Crippen LogP contribution in [-0.2, 0) is 9.59 Å². The van der Waals surface area contributed by atoms with Gasteiger partial charge in [0.1, 0.15) is 11.5 Å². The van der Waals surface area contributed by atoms with Gasteiger partial charge in [-0.3, -0.25) is 14.5 Å². The van der Waals surface area contributed by atoms with Gasteiger partial charge in [-0.15, -0.1) is 0 Å². The number of carbonyl (C=O) groups is 2. The molecule has 5 rings (SSSR count).